The standard InChI is InChI=1S/C24H34F2N4O3S/c1-23(2,3)22-28-19-12-18(34(32,33)29-13-17(14-29)11-21(31)27-4)5-6-20(19)30(22)15-16-7-9-24(25,26)10-8-16/h5-6,12,16-17H,7-11,13-15H2,1-4H3,(H,27,31). The Morgan fingerprint density at radius 1 is 1.18 bits per heavy atom. The summed E-state index contributed by atoms with van der Waals surface area (Å²) in [5.74, 6) is -1.68. The first-order valence-electron chi connectivity index (χ1n) is 11.9. The predicted molar refractivity (Wildman–Crippen MR) is 126 cm³/mol. The van der Waals surface area contributed by atoms with E-state index in [2.05, 4.69) is 9.88 Å². The summed E-state index contributed by atoms with van der Waals surface area (Å²) >= 11 is 0. The van der Waals surface area contributed by atoms with Gasteiger partial charge in [0.2, 0.25) is 21.9 Å². The van der Waals surface area contributed by atoms with Crippen molar-refractivity contribution in [2.75, 3.05) is 20.1 Å². The van der Waals surface area contributed by atoms with Crippen LogP contribution in [-0.4, -0.2) is 54.2 Å². The highest BCUT2D eigenvalue weighted by Gasteiger charge is 2.38. The lowest BCUT2D eigenvalue weighted by Gasteiger charge is -2.37. The lowest BCUT2D eigenvalue weighted by atomic mass is 9.86. The summed E-state index contributed by atoms with van der Waals surface area (Å²) in [5, 5.41) is 2.57. The van der Waals surface area contributed by atoms with Gasteiger partial charge in [-0.3, -0.25) is 4.79 Å². The fourth-order valence-electron chi connectivity index (χ4n) is 4.93. The predicted octanol–water partition coefficient (Wildman–Crippen LogP) is 3.92. The smallest absolute Gasteiger partial charge is 0.248 e. The number of carbonyl (C=O) groups is 1. The molecule has 1 aliphatic heterocycles. The lowest BCUT2D eigenvalue weighted by Crippen LogP contribution is -2.51. The third-order valence-corrected chi connectivity index (χ3v) is 8.81. The van der Waals surface area contributed by atoms with Crippen molar-refractivity contribution < 1.29 is 22.0 Å². The van der Waals surface area contributed by atoms with Crippen molar-refractivity contribution in [3.8, 4) is 0 Å². The molecule has 1 amide bonds. The van der Waals surface area contributed by atoms with Crippen LogP contribution in [0.3, 0.4) is 0 Å². The molecule has 0 bridgehead atoms. The molecule has 0 atom stereocenters. The number of halogens is 2. The molecular formula is C24H34F2N4O3S. The van der Waals surface area contributed by atoms with E-state index in [1.54, 1.807) is 25.2 Å². The number of hydrogen-bond donors (Lipinski definition) is 1. The van der Waals surface area contributed by atoms with E-state index in [4.69, 9.17) is 4.98 Å². The lowest BCUT2D eigenvalue weighted by molar-refractivity contribution is -0.122. The average molecular weight is 497 g/mol. The summed E-state index contributed by atoms with van der Waals surface area (Å²) in [7, 11) is -2.11. The molecular weight excluding hydrogens is 462 g/mol. The highest BCUT2D eigenvalue weighted by atomic mass is 32.2. The van der Waals surface area contributed by atoms with Gasteiger partial charge in [0.25, 0.3) is 0 Å². The van der Waals surface area contributed by atoms with Crippen LogP contribution in [0.4, 0.5) is 8.78 Å². The van der Waals surface area contributed by atoms with Gasteiger partial charge in [0, 0.05) is 51.4 Å². The molecule has 0 unspecified atom stereocenters. The van der Waals surface area contributed by atoms with E-state index in [0.717, 1.165) is 11.3 Å². The van der Waals surface area contributed by atoms with Gasteiger partial charge in [0.05, 0.1) is 15.9 Å². The Morgan fingerprint density at radius 3 is 2.41 bits per heavy atom. The quantitative estimate of drug-likeness (QED) is 0.657. The topological polar surface area (TPSA) is 84.3 Å². The molecule has 2 fully saturated rings. The molecule has 0 radical (unpaired) electrons. The van der Waals surface area contributed by atoms with E-state index in [1.165, 1.54) is 4.31 Å². The summed E-state index contributed by atoms with van der Waals surface area (Å²) in [5.41, 5.74) is 1.12. The number of imidazole rings is 1. The Kier molecular flexibility index (Phi) is 6.52. The summed E-state index contributed by atoms with van der Waals surface area (Å²) in [6.07, 6.45) is 1.07. The van der Waals surface area contributed by atoms with Gasteiger partial charge in [-0.15, -0.1) is 0 Å². The first kappa shape index (κ1) is 25.0. The number of rotatable bonds is 6. The summed E-state index contributed by atoms with van der Waals surface area (Å²) < 4.78 is 57.0. The van der Waals surface area contributed by atoms with E-state index >= 15 is 0 Å². The number of alkyl halides is 2. The maximum absolute atomic E-state index is 13.6. The molecule has 34 heavy (non-hydrogen) atoms. The molecule has 1 saturated carbocycles. The monoisotopic (exact) mass is 496 g/mol. The van der Waals surface area contributed by atoms with Crippen LogP contribution in [0, 0.1) is 11.8 Å². The molecule has 2 aliphatic rings. The largest absolute Gasteiger partial charge is 0.359 e. The second-order valence-corrected chi connectivity index (χ2v) is 12.7. The molecule has 188 valence electrons. The third kappa shape index (κ3) is 4.98. The summed E-state index contributed by atoms with van der Waals surface area (Å²) in [4.78, 5) is 16.5. The minimum absolute atomic E-state index is 0.0213. The fourth-order valence-corrected chi connectivity index (χ4v) is 6.54. The molecule has 4 rings (SSSR count). The van der Waals surface area contributed by atoms with Crippen molar-refractivity contribution in [2.24, 2.45) is 11.8 Å². The van der Waals surface area contributed by atoms with E-state index in [-0.39, 0.29) is 40.9 Å². The van der Waals surface area contributed by atoms with E-state index in [1.807, 2.05) is 20.8 Å². The van der Waals surface area contributed by atoms with Gasteiger partial charge in [0.1, 0.15) is 5.82 Å². The summed E-state index contributed by atoms with van der Waals surface area (Å²) in [6.45, 7) is 7.38. The van der Waals surface area contributed by atoms with Crippen molar-refractivity contribution in [2.45, 2.75) is 75.7 Å². The Hall–Kier alpha value is -2.07. The number of benzene rings is 1. The molecule has 1 saturated heterocycles. The van der Waals surface area contributed by atoms with Crippen LogP contribution in [-0.2, 0) is 26.8 Å². The second kappa shape index (κ2) is 8.86. The first-order valence-corrected chi connectivity index (χ1v) is 13.3. The molecule has 7 nitrogen and oxygen atoms in total. The molecule has 1 aromatic heterocycles. The number of nitrogens with one attached hydrogen (secondary N) is 1. The highest BCUT2D eigenvalue weighted by molar-refractivity contribution is 7.89. The Balaban J connectivity index is 1.59. The van der Waals surface area contributed by atoms with E-state index in [9.17, 15) is 22.0 Å². The highest BCUT2D eigenvalue weighted by Crippen LogP contribution is 2.38. The van der Waals surface area contributed by atoms with Crippen LogP contribution in [0.2, 0.25) is 0 Å². The number of aromatic nitrogens is 2. The average Bonchev–Trinajstić information content (AvgIpc) is 3.09. The van der Waals surface area contributed by atoms with Crippen LogP contribution < -0.4 is 5.32 Å². The number of fused-ring (bicyclic) bond motifs is 1. The van der Waals surface area contributed by atoms with Crippen LogP contribution in [0.25, 0.3) is 11.0 Å². The van der Waals surface area contributed by atoms with E-state index < -0.39 is 15.9 Å². The van der Waals surface area contributed by atoms with Crippen molar-refractivity contribution in [1.82, 2.24) is 19.2 Å². The fraction of sp³-hybridized carbons (Fsp3) is 0.667. The third-order valence-electron chi connectivity index (χ3n) is 6.98. The van der Waals surface area contributed by atoms with Gasteiger partial charge in [-0.25, -0.2) is 22.2 Å². The number of amides is 1. The van der Waals surface area contributed by atoms with Crippen LogP contribution in [0.15, 0.2) is 23.1 Å². The summed E-state index contributed by atoms with van der Waals surface area (Å²) in [6, 6.07) is 4.99. The van der Waals surface area contributed by atoms with Gasteiger partial charge < -0.3 is 9.88 Å². The molecule has 1 aromatic carbocycles. The molecule has 10 heteroatoms. The number of sulfonamides is 1. The van der Waals surface area contributed by atoms with Gasteiger partial charge >= 0.3 is 0 Å². The molecule has 2 aromatic rings. The molecule has 1 aliphatic carbocycles. The zero-order chi connectivity index (χ0) is 24.9. The maximum atomic E-state index is 13.6. The van der Waals surface area contributed by atoms with Crippen LogP contribution >= 0.6 is 0 Å². The van der Waals surface area contributed by atoms with Gasteiger partial charge in [-0.2, -0.15) is 4.31 Å². The SMILES string of the molecule is CNC(=O)CC1CN(S(=O)(=O)c2ccc3c(c2)nc(C(C)(C)C)n3CC2CCC(F)(F)CC2)C1. The number of hydrogen-bond acceptors (Lipinski definition) is 4. The minimum atomic E-state index is -3.68. The molecule has 1 N–H and O–H groups in total. The first-order chi connectivity index (χ1) is 15.8. The van der Waals surface area contributed by atoms with Gasteiger partial charge in [-0.05, 0) is 42.9 Å². The van der Waals surface area contributed by atoms with E-state index in [0.29, 0.717) is 44.4 Å². The van der Waals surface area contributed by atoms with Crippen molar-refractivity contribution in [3.63, 3.8) is 0 Å². The Bertz CT molecular complexity index is 1170. The van der Waals surface area contributed by atoms with Crippen LogP contribution in [0.1, 0.15) is 58.7 Å². The molecule has 2 heterocycles. The van der Waals surface area contributed by atoms with Crippen molar-refractivity contribution in [1.29, 1.82) is 0 Å². The van der Waals surface area contributed by atoms with Crippen molar-refractivity contribution in [3.05, 3.63) is 24.0 Å². The minimum Gasteiger partial charge on any atom is -0.359 e. The number of nitrogens with zero attached hydrogens (tertiary/aromatic N) is 3. The zero-order valence-corrected chi connectivity index (χ0v) is 21.1. The molecule has 0 spiro atoms. The Morgan fingerprint density at radius 2 is 1.82 bits per heavy atom. The van der Waals surface area contributed by atoms with Gasteiger partial charge in [0.15, 0.2) is 0 Å². The number of carbonyl (C=O) groups excluding carboxylic acids is 1. The second-order valence-electron chi connectivity index (χ2n) is 10.8. The van der Waals surface area contributed by atoms with Crippen LogP contribution in [0.5, 0.6) is 0 Å². The maximum Gasteiger partial charge on any atom is 0.248 e. The zero-order valence-electron chi connectivity index (χ0n) is 20.3. The van der Waals surface area contributed by atoms with Crippen molar-refractivity contribution >= 4 is 27.0 Å². The van der Waals surface area contributed by atoms with Gasteiger partial charge in [-0.1, -0.05) is 20.8 Å². The normalized spacial score (nSPS) is 20.4. The Labute approximate surface area is 200 Å².